The molecule has 0 amide bonds. The van der Waals surface area contributed by atoms with E-state index in [1.54, 1.807) is 13.0 Å². The number of fused-ring (bicyclic) bond motifs is 1. The summed E-state index contributed by atoms with van der Waals surface area (Å²) in [7, 11) is 0. The van der Waals surface area contributed by atoms with Gasteiger partial charge in [-0.25, -0.2) is 0 Å². The van der Waals surface area contributed by atoms with Crippen molar-refractivity contribution in [2.45, 2.75) is 27.7 Å². The third-order valence-electron chi connectivity index (χ3n) is 3.07. The zero-order valence-electron chi connectivity index (χ0n) is 11.2. The molecule has 18 heavy (non-hydrogen) atoms. The average Bonchev–Trinajstić information content (AvgIpc) is 2.54. The zero-order chi connectivity index (χ0) is 13.3. The highest BCUT2D eigenvalue weighted by molar-refractivity contribution is 5.89. The van der Waals surface area contributed by atoms with E-state index in [4.69, 9.17) is 0 Å². The SMILES string of the molecule is CC(=O)C=C(C)Nc1ccc2[nH]c(C)c(C)c2c1. The standard InChI is InChI=1S/C15H18N2O/c1-9(7-10(2)18)16-13-5-6-15-14(8-13)11(3)12(4)17-15/h5-8,16-17H,1-4H3. The molecule has 2 rings (SSSR count). The highest BCUT2D eigenvalue weighted by Gasteiger charge is 2.04. The van der Waals surface area contributed by atoms with Crippen molar-refractivity contribution in [1.82, 2.24) is 4.98 Å². The quantitative estimate of drug-likeness (QED) is 0.806. The molecule has 0 aliphatic heterocycles. The van der Waals surface area contributed by atoms with Crippen molar-refractivity contribution in [3.8, 4) is 0 Å². The van der Waals surface area contributed by atoms with Crippen molar-refractivity contribution in [2.75, 3.05) is 5.32 Å². The third-order valence-corrected chi connectivity index (χ3v) is 3.07. The summed E-state index contributed by atoms with van der Waals surface area (Å²) in [6.07, 6.45) is 1.60. The van der Waals surface area contributed by atoms with Gasteiger partial charge in [0.25, 0.3) is 0 Å². The summed E-state index contributed by atoms with van der Waals surface area (Å²) in [6.45, 7) is 7.62. The van der Waals surface area contributed by atoms with Crippen LogP contribution in [0.1, 0.15) is 25.1 Å². The second kappa shape index (κ2) is 4.69. The van der Waals surface area contributed by atoms with Crippen molar-refractivity contribution in [2.24, 2.45) is 0 Å². The monoisotopic (exact) mass is 242 g/mol. The molecule has 1 aromatic carbocycles. The Morgan fingerprint density at radius 2 is 2.00 bits per heavy atom. The van der Waals surface area contributed by atoms with E-state index in [2.05, 4.69) is 36.3 Å². The Labute approximate surface area is 107 Å². The van der Waals surface area contributed by atoms with Crippen molar-refractivity contribution in [3.05, 3.63) is 41.2 Å². The van der Waals surface area contributed by atoms with E-state index in [-0.39, 0.29) is 5.78 Å². The van der Waals surface area contributed by atoms with E-state index in [1.165, 1.54) is 16.6 Å². The molecule has 1 aromatic heterocycles. The number of hydrogen-bond acceptors (Lipinski definition) is 2. The lowest BCUT2D eigenvalue weighted by Crippen LogP contribution is -1.97. The minimum Gasteiger partial charge on any atom is -0.359 e. The highest BCUT2D eigenvalue weighted by Crippen LogP contribution is 2.25. The van der Waals surface area contributed by atoms with Gasteiger partial charge in [-0.3, -0.25) is 4.79 Å². The van der Waals surface area contributed by atoms with Crippen LogP contribution in [0.4, 0.5) is 5.69 Å². The molecule has 3 heteroatoms. The Kier molecular flexibility index (Phi) is 3.24. The molecule has 2 aromatic rings. The molecule has 0 atom stereocenters. The fourth-order valence-electron chi connectivity index (χ4n) is 2.11. The molecule has 2 N–H and O–H groups in total. The van der Waals surface area contributed by atoms with Crippen LogP contribution in [-0.2, 0) is 4.79 Å². The Morgan fingerprint density at radius 1 is 1.28 bits per heavy atom. The number of aromatic nitrogens is 1. The number of anilines is 1. The lowest BCUT2D eigenvalue weighted by atomic mass is 10.1. The molecule has 0 radical (unpaired) electrons. The van der Waals surface area contributed by atoms with Gasteiger partial charge in [0, 0.05) is 28.0 Å². The summed E-state index contributed by atoms with van der Waals surface area (Å²) in [6, 6.07) is 6.17. The maximum atomic E-state index is 11.0. The second-order valence-electron chi connectivity index (χ2n) is 4.70. The van der Waals surface area contributed by atoms with Crippen molar-refractivity contribution in [1.29, 1.82) is 0 Å². The average molecular weight is 242 g/mol. The zero-order valence-corrected chi connectivity index (χ0v) is 11.2. The van der Waals surface area contributed by atoms with Crippen molar-refractivity contribution >= 4 is 22.4 Å². The van der Waals surface area contributed by atoms with Gasteiger partial charge in [0.05, 0.1) is 0 Å². The Balaban J connectivity index is 2.35. The fraction of sp³-hybridized carbons (Fsp3) is 0.267. The number of aryl methyl sites for hydroxylation is 2. The number of carbonyl (C=O) groups excluding carboxylic acids is 1. The number of rotatable bonds is 3. The number of ketones is 1. The van der Waals surface area contributed by atoms with E-state index in [0.29, 0.717) is 0 Å². The van der Waals surface area contributed by atoms with Crippen LogP contribution >= 0.6 is 0 Å². The molecule has 0 fully saturated rings. The molecular formula is C15H18N2O. The van der Waals surface area contributed by atoms with Gasteiger partial charge in [-0.05, 0) is 57.5 Å². The number of hydrogen-bond donors (Lipinski definition) is 2. The third kappa shape index (κ3) is 2.45. The van der Waals surface area contributed by atoms with Gasteiger partial charge in [-0.15, -0.1) is 0 Å². The van der Waals surface area contributed by atoms with Crippen molar-refractivity contribution in [3.63, 3.8) is 0 Å². The summed E-state index contributed by atoms with van der Waals surface area (Å²) in [4.78, 5) is 14.3. The second-order valence-corrected chi connectivity index (χ2v) is 4.70. The number of benzene rings is 1. The first kappa shape index (κ1) is 12.4. The lowest BCUT2D eigenvalue weighted by molar-refractivity contribution is -0.112. The van der Waals surface area contributed by atoms with Crippen LogP contribution in [0, 0.1) is 13.8 Å². The molecule has 0 aliphatic rings. The first-order valence-electron chi connectivity index (χ1n) is 6.02. The fourth-order valence-corrected chi connectivity index (χ4v) is 2.11. The van der Waals surface area contributed by atoms with Gasteiger partial charge in [0.15, 0.2) is 5.78 Å². The molecule has 0 spiro atoms. The van der Waals surface area contributed by atoms with Gasteiger partial charge < -0.3 is 10.3 Å². The van der Waals surface area contributed by atoms with Gasteiger partial charge in [-0.2, -0.15) is 0 Å². The van der Waals surface area contributed by atoms with Gasteiger partial charge >= 0.3 is 0 Å². The summed E-state index contributed by atoms with van der Waals surface area (Å²) in [5.74, 6) is 0.0507. The van der Waals surface area contributed by atoms with Crippen LogP contribution in [0.5, 0.6) is 0 Å². The summed E-state index contributed by atoms with van der Waals surface area (Å²) in [5.41, 5.74) is 5.45. The Morgan fingerprint density at radius 3 is 2.67 bits per heavy atom. The van der Waals surface area contributed by atoms with Crippen LogP contribution < -0.4 is 5.32 Å². The summed E-state index contributed by atoms with van der Waals surface area (Å²) < 4.78 is 0. The number of H-pyrrole nitrogens is 1. The first-order chi connectivity index (χ1) is 8.47. The molecule has 0 unspecified atom stereocenters. The minimum atomic E-state index is 0.0507. The maximum Gasteiger partial charge on any atom is 0.154 e. The Bertz CT molecular complexity index is 635. The lowest BCUT2D eigenvalue weighted by Gasteiger charge is -2.06. The number of allylic oxidation sites excluding steroid dienone is 2. The van der Waals surface area contributed by atoms with E-state index in [0.717, 1.165) is 16.9 Å². The topological polar surface area (TPSA) is 44.9 Å². The molecule has 0 saturated carbocycles. The van der Waals surface area contributed by atoms with Gasteiger partial charge in [-0.1, -0.05) is 0 Å². The number of carbonyl (C=O) groups is 1. The summed E-state index contributed by atoms with van der Waals surface area (Å²) in [5, 5.41) is 4.44. The highest BCUT2D eigenvalue weighted by atomic mass is 16.1. The number of nitrogens with one attached hydrogen (secondary N) is 2. The predicted molar refractivity (Wildman–Crippen MR) is 75.8 cm³/mol. The van der Waals surface area contributed by atoms with Crippen LogP contribution in [0.2, 0.25) is 0 Å². The molecule has 0 saturated heterocycles. The number of aromatic amines is 1. The molecule has 1 heterocycles. The maximum absolute atomic E-state index is 11.0. The molecule has 3 nitrogen and oxygen atoms in total. The normalized spacial score (nSPS) is 11.9. The summed E-state index contributed by atoms with van der Waals surface area (Å²) >= 11 is 0. The largest absolute Gasteiger partial charge is 0.359 e. The van der Waals surface area contributed by atoms with Crippen LogP contribution in [-0.4, -0.2) is 10.8 Å². The van der Waals surface area contributed by atoms with E-state index in [9.17, 15) is 4.79 Å². The molecule has 0 bridgehead atoms. The van der Waals surface area contributed by atoms with Gasteiger partial charge in [0.1, 0.15) is 0 Å². The minimum absolute atomic E-state index is 0.0507. The van der Waals surface area contributed by atoms with Crippen LogP contribution in [0.15, 0.2) is 30.0 Å². The predicted octanol–water partition coefficient (Wildman–Crippen LogP) is 3.69. The van der Waals surface area contributed by atoms with E-state index in [1.807, 2.05) is 13.0 Å². The van der Waals surface area contributed by atoms with Crippen molar-refractivity contribution < 1.29 is 4.79 Å². The Hall–Kier alpha value is -2.03. The molecule has 0 aliphatic carbocycles. The first-order valence-corrected chi connectivity index (χ1v) is 6.02. The van der Waals surface area contributed by atoms with Crippen LogP contribution in [0.25, 0.3) is 10.9 Å². The van der Waals surface area contributed by atoms with Crippen LogP contribution in [0.3, 0.4) is 0 Å². The van der Waals surface area contributed by atoms with E-state index < -0.39 is 0 Å². The molecular weight excluding hydrogens is 224 g/mol. The van der Waals surface area contributed by atoms with E-state index >= 15 is 0 Å². The molecule has 94 valence electrons. The smallest absolute Gasteiger partial charge is 0.154 e. The van der Waals surface area contributed by atoms with Gasteiger partial charge in [0.2, 0.25) is 0 Å².